The van der Waals surface area contributed by atoms with Crippen molar-refractivity contribution in [3.8, 4) is 0 Å². The highest BCUT2D eigenvalue weighted by Crippen LogP contribution is 2.21. The number of sulfonamides is 1. The fourth-order valence-corrected chi connectivity index (χ4v) is 3.82. The van der Waals surface area contributed by atoms with E-state index in [0.29, 0.717) is 11.4 Å². The van der Waals surface area contributed by atoms with Crippen molar-refractivity contribution in [2.75, 3.05) is 22.0 Å². The zero-order valence-corrected chi connectivity index (χ0v) is 14.2. The maximum atomic E-state index is 11.9. The zero-order valence-electron chi connectivity index (χ0n) is 12.5. The first-order valence-corrected chi connectivity index (χ1v) is 10.2. The van der Waals surface area contributed by atoms with Crippen molar-refractivity contribution < 1.29 is 21.6 Å². The van der Waals surface area contributed by atoms with Crippen molar-refractivity contribution in [1.29, 1.82) is 0 Å². The standard InChI is InChI=1S/C13H17N3O5S2/c1-9-3-4-10(16-22(2,18)19)7-12(9)15-13(17)14-11-5-6-23(20,21)8-11/h3-7,11,16H,8H2,1-2H3,(H2,14,15,17)/t11-/m0/s1. The zero-order chi connectivity index (χ0) is 17.3. The van der Waals surface area contributed by atoms with Gasteiger partial charge in [-0.1, -0.05) is 6.07 Å². The van der Waals surface area contributed by atoms with Crippen molar-refractivity contribution in [3.63, 3.8) is 0 Å². The molecule has 0 fully saturated rings. The van der Waals surface area contributed by atoms with Gasteiger partial charge in [0.1, 0.15) is 0 Å². The Morgan fingerprint density at radius 1 is 1.30 bits per heavy atom. The number of rotatable bonds is 4. The van der Waals surface area contributed by atoms with Crippen molar-refractivity contribution in [3.05, 3.63) is 35.2 Å². The van der Waals surface area contributed by atoms with Gasteiger partial charge in [0.25, 0.3) is 0 Å². The molecule has 2 rings (SSSR count). The molecule has 0 unspecified atom stereocenters. The average molecular weight is 359 g/mol. The highest BCUT2D eigenvalue weighted by Gasteiger charge is 2.23. The summed E-state index contributed by atoms with van der Waals surface area (Å²) in [5, 5.41) is 6.17. The molecule has 126 valence electrons. The number of hydrogen-bond acceptors (Lipinski definition) is 5. The lowest BCUT2D eigenvalue weighted by molar-refractivity contribution is 0.251. The summed E-state index contributed by atoms with van der Waals surface area (Å²) in [5.41, 5.74) is 1.46. The van der Waals surface area contributed by atoms with Crippen LogP contribution < -0.4 is 15.4 Å². The van der Waals surface area contributed by atoms with Crippen LogP contribution in [0.15, 0.2) is 29.7 Å². The van der Waals surface area contributed by atoms with Crippen LogP contribution in [0.2, 0.25) is 0 Å². The lowest BCUT2D eigenvalue weighted by Gasteiger charge is -2.14. The molecule has 1 aliphatic heterocycles. The third-order valence-electron chi connectivity index (χ3n) is 3.04. The van der Waals surface area contributed by atoms with Crippen molar-refractivity contribution in [2.45, 2.75) is 13.0 Å². The first kappa shape index (κ1) is 17.3. The van der Waals surface area contributed by atoms with Gasteiger partial charge in [0, 0.05) is 11.1 Å². The fraction of sp³-hybridized carbons (Fsp3) is 0.308. The lowest BCUT2D eigenvalue weighted by Crippen LogP contribution is -2.38. The lowest BCUT2D eigenvalue weighted by atomic mass is 10.2. The van der Waals surface area contributed by atoms with E-state index in [9.17, 15) is 21.6 Å². The minimum atomic E-state index is -3.42. The summed E-state index contributed by atoms with van der Waals surface area (Å²) in [6, 6.07) is 3.56. The van der Waals surface area contributed by atoms with Gasteiger partial charge in [-0.05, 0) is 30.7 Å². The molecule has 0 spiro atoms. The van der Waals surface area contributed by atoms with E-state index in [2.05, 4.69) is 15.4 Å². The molecule has 0 aliphatic carbocycles. The molecule has 2 amide bonds. The van der Waals surface area contributed by atoms with E-state index in [1.807, 2.05) is 0 Å². The Morgan fingerprint density at radius 2 is 2.00 bits per heavy atom. The van der Waals surface area contributed by atoms with Crippen LogP contribution in [0.25, 0.3) is 0 Å². The van der Waals surface area contributed by atoms with E-state index < -0.39 is 31.9 Å². The third kappa shape index (κ3) is 5.25. The van der Waals surface area contributed by atoms with Gasteiger partial charge in [0.15, 0.2) is 9.84 Å². The molecule has 0 radical (unpaired) electrons. The van der Waals surface area contributed by atoms with Crippen LogP contribution in [0, 0.1) is 6.92 Å². The summed E-state index contributed by atoms with van der Waals surface area (Å²) in [4.78, 5) is 11.9. The summed E-state index contributed by atoms with van der Waals surface area (Å²) in [6.07, 6.45) is 2.43. The second-order valence-corrected chi connectivity index (χ2v) is 8.95. The number of sulfone groups is 1. The average Bonchev–Trinajstić information content (AvgIpc) is 2.71. The minimum Gasteiger partial charge on any atom is -0.331 e. The number of hydrogen-bond donors (Lipinski definition) is 3. The van der Waals surface area contributed by atoms with Gasteiger partial charge in [0.05, 0.1) is 23.7 Å². The molecule has 23 heavy (non-hydrogen) atoms. The Hall–Kier alpha value is -2.07. The number of carbonyl (C=O) groups excluding carboxylic acids is 1. The van der Waals surface area contributed by atoms with Crippen molar-refractivity contribution in [1.82, 2.24) is 5.32 Å². The summed E-state index contributed by atoms with van der Waals surface area (Å²) < 4.78 is 47.4. The molecule has 3 N–H and O–H groups in total. The molecule has 1 heterocycles. The van der Waals surface area contributed by atoms with Gasteiger partial charge >= 0.3 is 6.03 Å². The van der Waals surface area contributed by atoms with Crippen LogP contribution in [-0.2, 0) is 19.9 Å². The van der Waals surface area contributed by atoms with Crippen molar-refractivity contribution in [2.24, 2.45) is 0 Å². The number of aryl methyl sites for hydroxylation is 1. The third-order valence-corrected chi connectivity index (χ3v) is 5.04. The molecule has 1 aromatic carbocycles. The van der Waals surface area contributed by atoms with Crippen LogP contribution in [0.1, 0.15) is 5.56 Å². The summed E-state index contributed by atoms with van der Waals surface area (Å²) in [5.74, 6) is -0.172. The van der Waals surface area contributed by atoms with E-state index in [0.717, 1.165) is 17.2 Å². The van der Waals surface area contributed by atoms with E-state index in [-0.39, 0.29) is 5.75 Å². The monoisotopic (exact) mass is 359 g/mol. The van der Waals surface area contributed by atoms with E-state index in [1.54, 1.807) is 19.1 Å². The van der Waals surface area contributed by atoms with Gasteiger partial charge in [-0.2, -0.15) is 0 Å². The molecule has 0 saturated heterocycles. The first-order chi connectivity index (χ1) is 10.5. The molecule has 1 atom stereocenters. The van der Waals surface area contributed by atoms with Crippen LogP contribution in [0.5, 0.6) is 0 Å². The van der Waals surface area contributed by atoms with Gasteiger partial charge in [-0.15, -0.1) is 0 Å². The highest BCUT2D eigenvalue weighted by atomic mass is 32.2. The predicted molar refractivity (Wildman–Crippen MR) is 88.5 cm³/mol. The Bertz CT molecular complexity index is 860. The summed E-state index contributed by atoms with van der Waals surface area (Å²) in [6.45, 7) is 1.75. The molecular formula is C13H17N3O5S2. The van der Waals surface area contributed by atoms with Crippen molar-refractivity contribution >= 4 is 37.3 Å². The Kier molecular flexibility index (Phi) is 4.66. The van der Waals surface area contributed by atoms with Crippen LogP contribution in [0.4, 0.5) is 16.2 Å². The maximum Gasteiger partial charge on any atom is 0.319 e. The smallest absolute Gasteiger partial charge is 0.319 e. The number of nitrogens with one attached hydrogen (secondary N) is 3. The Balaban J connectivity index is 2.06. The molecule has 10 heteroatoms. The van der Waals surface area contributed by atoms with Crippen LogP contribution in [-0.4, -0.2) is 40.9 Å². The number of benzene rings is 1. The second kappa shape index (κ2) is 6.20. The predicted octanol–water partition coefficient (Wildman–Crippen LogP) is 0.799. The molecular weight excluding hydrogens is 342 g/mol. The van der Waals surface area contributed by atoms with E-state index in [1.165, 1.54) is 12.1 Å². The minimum absolute atomic E-state index is 0.172. The summed E-state index contributed by atoms with van der Waals surface area (Å²) >= 11 is 0. The van der Waals surface area contributed by atoms with E-state index >= 15 is 0 Å². The molecule has 1 aliphatic rings. The van der Waals surface area contributed by atoms with E-state index in [4.69, 9.17) is 0 Å². The Morgan fingerprint density at radius 3 is 2.57 bits per heavy atom. The number of urea groups is 1. The van der Waals surface area contributed by atoms with Gasteiger partial charge in [-0.3, -0.25) is 4.72 Å². The quantitative estimate of drug-likeness (QED) is 0.734. The number of carbonyl (C=O) groups is 1. The highest BCUT2D eigenvalue weighted by molar-refractivity contribution is 7.94. The van der Waals surface area contributed by atoms with Gasteiger partial charge in [-0.25, -0.2) is 21.6 Å². The number of anilines is 2. The topological polar surface area (TPSA) is 121 Å². The molecule has 0 saturated carbocycles. The first-order valence-electron chi connectivity index (χ1n) is 6.61. The normalized spacial score (nSPS) is 19.3. The molecule has 0 aromatic heterocycles. The second-order valence-electron chi connectivity index (χ2n) is 5.27. The number of amides is 2. The molecule has 8 nitrogen and oxygen atoms in total. The SMILES string of the molecule is Cc1ccc(NS(C)(=O)=O)cc1NC(=O)N[C@H]1C=CS(=O)(=O)C1. The van der Waals surface area contributed by atoms with Crippen LogP contribution in [0.3, 0.4) is 0 Å². The Labute approximate surface area is 134 Å². The van der Waals surface area contributed by atoms with Gasteiger partial charge < -0.3 is 10.6 Å². The van der Waals surface area contributed by atoms with Crippen LogP contribution >= 0.6 is 0 Å². The molecule has 0 bridgehead atoms. The van der Waals surface area contributed by atoms with Gasteiger partial charge in [0.2, 0.25) is 10.0 Å². The summed E-state index contributed by atoms with van der Waals surface area (Å²) in [7, 11) is -6.67. The maximum absolute atomic E-state index is 11.9. The largest absolute Gasteiger partial charge is 0.331 e. The fourth-order valence-electron chi connectivity index (χ4n) is 2.03. The molecule has 1 aromatic rings.